The minimum Gasteiger partial charge on any atom is -0.333 e. The molecule has 0 aliphatic heterocycles. The van der Waals surface area contributed by atoms with Gasteiger partial charge in [-0.1, -0.05) is 12.1 Å². The molecule has 0 fully saturated rings. The van der Waals surface area contributed by atoms with Gasteiger partial charge < -0.3 is 10.6 Å². The highest BCUT2D eigenvalue weighted by atomic mass is 79.9. The van der Waals surface area contributed by atoms with Crippen molar-refractivity contribution in [2.24, 2.45) is 0 Å². The van der Waals surface area contributed by atoms with E-state index >= 15 is 0 Å². The number of carbonyl (C=O) groups excluding carboxylic acids is 2. The number of urea groups is 1. The number of carbonyl (C=O) groups is 2. The lowest BCUT2D eigenvalue weighted by Gasteiger charge is -2.08. The zero-order chi connectivity index (χ0) is 14.5. The number of hydrogen-bond acceptors (Lipinski definition) is 3. The summed E-state index contributed by atoms with van der Waals surface area (Å²) in [6.45, 7) is 1.95. The van der Waals surface area contributed by atoms with Crippen LogP contribution in [0.15, 0.2) is 40.2 Å². The largest absolute Gasteiger partial charge is 0.333 e. The van der Waals surface area contributed by atoms with E-state index in [0.29, 0.717) is 17.8 Å². The zero-order valence-corrected chi connectivity index (χ0v) is 13.2. The Morgan fingerprint density at radius 2 is 2.10 bits per heavy atom. The van der Waals surface area contributed by atoms with Crippen molar-refractivity contribution in [1.29, 1.82) is 0 Å². The van der Waals surface area contributed by atoms with Gasteiger partial charge in [0.25, 0.3) is 0 Å². The van der Waals surface area contributed by atoms with E-state index in [2.05, 4.69) is 26.6 Å². The molecule has 104 valence electrons. The Morgan fingerprint density at radius 1 is 1.30 bits per heavy atom. The molecule has 20 heavy (non-hydrogen) atoms. The van der Waals surface area contributed by atoms with Crippen LogP contribution in [0, 0.1) is 0 Å². The van der Waals surface area contributed by atoms with Gasteiger partial charge in [0.15, 0.2) is 5.78 Å². The maximum Gasteiger partial charge on any atom is 0.319 e. The summed E-state index contributed by atoms with van der Waals surface area (Å²) in [5.74, 6) is -0.0309. The van der Waals surface area contributed by atoms with Crippen molar-refractivity contribution in [2.75, 3.05) is 5.32 Å². The molecule has 0 atom stereocenters. The van der Waals surface area contributed by atoms with Crippen molar-refractivity contribution in [3.05, 3.63) is 50.6 Å². The van der Waals surface area contributed by atoms with Gasteiger partial charge >= 0.3 is 6.03 Å². The van der Waals surface area contributed by atoms with E-state index in [1.54, 1.807) is 35.6 Å². The summed E-state index contributed by atoms with van der Waals surface area (Å²) in [5.41, 5.74) is 1.17. The highest BCUT2D eigenvalue weighted by Crippen LogP contribution is 2.22. The number of anilines is 1. The van der Waals surface area contributed by atoms with Crippen LogP contribution in [-0.2, 0) is 6.54 Å². The Kier molecular flexibility index (Phi) is 4.92. The Hall–Kier alpha value is -1.66. The molecule has 1 aromatic heterocycles. The summed E-state index contributed by atoms with van der Waals surface area (Å²) in [6.07, 6.45) is 0. The lowest BCUT2D eigenvalue weighted by Crippen LogP contribution is -2.28. The standard InChI is InChI=1S/C14H13BrN2O2S/c1-9(18)10-3-2-4-11(7-10)17-14(19)16-8-13-12(15)5-6-20-13/h2-7H,8H2,1H3,(H2,16,17,19). The Bertz CT molecular complexity index is 640. The number of ketones is 1. The molecule has 2 amide bonds. The summed E-state index contributed by atoms with van der Waals surface area (Å²) in [5, 5.41) is 7.43. The van der Waals surface area contributed by atoms with Crippen LogP contribution in [0.3, 0.4) is 0 Å². The van der Waals surface area contributed by atoms with Crippen molar-refractivity contribution in [1.82, 2.24) is 5.32 Å². The normalized spacial score (nSPS) is 10.1. The molecule has 4 nitrogen and oxygen atoms in total. The van der Waals surface area contributed by atoms with Gasteiger partial charge in [-0.2, -0.15) is 0 Å². The first-order valence-electron chi connectivity index (χ1n) is 5.94. The van der Waals surface area contributed by atoms with Crippen molar-refractivity contribution < 1.29 is 9.59 Å². The summed E-state index contributed by atoms with van der Waals surface area (Å²) in [6, 6.07) is 8.49. The highest BCUT2D eigenvalue weighted by molar-refractivity contribution is 9.10. The van der Waals surface area contributed by atoms with Crippen LogP contribution in [0.1, 0.15) is 22.2 Å². The van der Waals surface area contributed by atoms with Gasteiger partial charge in [-0.25, -0.2) is 4.79 Å². The molecular formula is C14H13BrN2O2S. The van der Waals surface area contributed by atoms with Crippen LogP contribution >= 0.6 is 27.3 Å². The maximum absolute atomic E-state index is 11.8. The van der Waals surface area contributed by atoms with Gasteiger partial charge in [-0.3, -0.25) is 4.79 Å². The third kappa shape index (κ3) is 3.91. The number of amides is 2. The van der Waals surface area contributed by atoms with Crippen molar-refractivity contribution in [2.45, 2.75) is 13.5 Å². The van der Waals surface area contributed by atoms with E-state index in [0.717, 1.165) is 9.35 Å². The molecule has 0 aliphatic carbocycles. The smallest absolute Gasteiger partial charge is 0.319 e. The Labute approximate surface area is 129 Å². The molecule has 0 aliphatic rings. The molecule has 2 N–H and O–H groups in total. The topological polar surface area (TPSA) is 58.2 Å². The lowest BCUT2D eigenvalue weighted by molar-refractivity contribution is 0.101. The minimum absolute atomic E-state index is 0.0309. The number of rotatable bonds is 4. The molecular weight excluding hydrogens is 340 g/mol. The molecule has 1 aromatic carbocycles. The predicted octanol–water partition coefficient (Wildman–Crippen LogP) is 4.03. The van der Waals surface area contributed by atoms with Crippen LogP contribution in [0.5, 0.6) is 0 Å². The summed E-state index contributed by atoms with van der Waals surface area (Å²) >= 11 is 4.98. The Morgan fingerprint density at radius 3 is 2.75 bits per heavy atom. The number of nitrogens with one attached hydrogen (secondary N) is 2. The third-order valence-electron chi connectivity index (χ3n) is 2.63. The number of hydrogen-bond donors (Lipinski definition) is 2. The monoisotopic (exact) mass is 352 g/mol. The van der Waals surface area contributed by atoms with Gasteiger partial charge in [0.2, 0.25) is 0 Å². The number of halogens is 1. The first-order valence-corrected chi connectivity index (χ1v) is 7.61. The highest BCUT2D eigenvalue weighted by Gasteiger charge is 2.06. The molecule has 0 saturated heterocycles. The van der Waals surface area contributed by atoms with Crippen molar-refractivity contribution in [3.8, 4) is 0 Å². The fourth-order valence-electron chi connectivity index (χ4n) is 1.60. The van der Waals surface area contributed by atoms with E-state index in [-0.39, 0.29) is 11.8 Å². The minimum atomic E-state index is -0.300. The SMILES string of the molecule is CC(=O)c1cccc(NC(=O)NCc2sccc2Br)c1. The average Bonchev–Trinajstić information content (AvgIpc) is 2.82. The van der Waals surface area contributed by atoms with Crippen molar-refractivity contribution >= 4 is 44.8 Å². The predicted molar refractivity (Wildman–Crippen MR) is 84.3 cm³/mol. The maximum atomic E-state index is 11.8. The average molecular weight is 353 g/mol. The molecule has 2 aromatic rings. The van der Waals surface area contributed by atoms with E-state index in [9.17, 15) is 9.59 Å². The molecule has 6 heteroatoms. The molecule has 2 rings (SSSR count). The first kappa shape index (κ1) is 14.7. The van der Waals surface area contributed by atoms with Gasteiger partial charge in [0, 0.05) is 20.6 Å². The zero-order valence-electron chi connectivity index (χ0n) is 10.8. The number of thiophene rings is 1. The van der Waals surface area contributed by atoms with Gasteiger partial charge in [0.05, 0.1) is 6.54 Å². The Balaban J connectivity index is 1.93. The second kappa shape index (κ2) is 6.67. The van der Waals surface area contributed by atoms with Gasteiger partial charge in [0.1, 0.15) is 0 Å². The molecule has 0 saturated carbocycles. The van der Waals surface area contributed by atoms with Crippen LogP contribution in [-0.4, -0.2) is 11.8 Å². The van der Waals surface area contributed by atoms with E-state index in [1.165, 1.54) is 6.92 Å². The molecule has 0 bridgehead atoms. The van der Waals surface area contributed by atoms with Gasteiger partial charge in [-0.15, -0.1) is 11.3 Å². The van der Waals surface area contributed by atoms with Crippen LogP contribution in [0.25, 0.3) is 0 Å². The fourth-order valence-corrected chi connectivity index (χ4v) is 3.04. The van der Waals surface area contributed by atoms with E-state index in [4.69, 9.17) is 0 Å². The second-order valence-electron chi connectivity index (χ2n) is 4.14. The first-order chi connectivity index (χ1) is 9.56. The van der Waals surface area contributed by atoms with Crippen LogP contribution in [0.2, 0.25) is 0 Å². The number of Topliss-reactive ketones (excluding diaryl/α,β-unsaturated/α-hetero) is 1. The summed E-state index contributed by atoms with van der Waals surface area (Å²) in [4.78, 5) is 24.1. The van der Waals surface area contributed by atoms with E-state index in [1.807, 2.05) is 11.4 Å². The van der Waals surface area contributed by atoms with Crippen LogP contribution < -0.4 is 10.6 Å². The number of benzene rings is 1. The molecule has 1 heterocycles. The molecule has 0 unspecified atom stereocenters. The van der Waals surface area contributed by atoms with Crippen molar-refractivity contribution in [3.63, 3.8) is 0 Å². The van der Waals surface area contributed by atoms with Crippen LogP contribution in [0.4, 0.5) is 10.5 Å². The molecule has 0 spiro atoms. The quantitative estimate of drug-likeness (QED) is 0.816. The second-order valence-corrected chi connectivity index (χ2v) is 5.99. The third-order valence-corrected chi connectivity index (χ3v) is 4.55. The summed E-state index contributed by atoms with van der Waals surface area (Å²) in [7, 11) is 0. The summed E-state index contributed by atoms with van der Waals surface area (Å²) < 4.78 is 0.987. The molecule has 0 radical (unpaired) electrons. The van der Waals surface area contributed by atoms with Gasteiger partial charge in [-0.05, 0) is 46.4 Å². The van der Waals surface area contributed by atoms with E-state index < -0.39 is 0 Å². The fraction of sp³-hybridized carbons (Fsp3) is 0.143. The lowest BCUT2D eigenvalue weighted by atomic mass is 10.1.